The van der Waals surface area contributed by atoms with E-state index in [1.165, 1.54) is 0 Å². The summed E-state index contributed by atoms with van der Waals surface area (Å²) in [7, 11) is -4.02. The molecular formula is C7H16O4S. The molecule has 0 aromatic rings. The fraction of sp³-hybridized carbons (Fsp3) is 1.00. The molecule has 1 atom stereocenters. The van der Waals surface area contributed by atoms with Gasteiger partial charge in [-0.3, -0.25) is 4.55 Å². The molecule has 1 N–H and O–H groups in total. The highest BCUT2D eigenvalue weighted by atomic mass is 32.2. The molecule has 74 valence electrons. The zero-order valence-electron chi connectivity index (χ0n) is 7.49. The molecule has 0 aliphatic rings. The molecule has 0 aromatic heterocycles. The summed E-state index contributed by atoms with van der Waals surface area (Å²) in [6, 6.07) is 0. The molecule has 0 rings (SSSR count). The molecule has 4 nitrogen and oxygen atoms in total. The standard InChI is InChI=1S/C7H16O4S/c1-3-5-7(11-6-4-2)12(8,9)10/h7H,3-6H2,1-2H3,(H,8,9,10). The van der Waals surface area contributed by atoms with Crippen molar-refractivity contribution >= 4 is 10.1 Å². The normalized spacial score (nSPS) is 14.6. The molecule has 0 bridgehead atoms. The van der Waals surface area contributed by atoms with Gasteiger partial charge in [-0.15, -0.1) is 0 Å². The van der Waals surface area contributed by atoms with Crippen molar-refractivity contribution in [3.63, 3.8) is 0 Å². The van der Waals surface area contributed by atoms with Gasteiger partial charge < -0.3 is 4.74 Å². The van der Waals surface area contributed by atoms with Crippen LogP contribution in [-0.4, -0.2) is 25.0 Å². The molecule has 0 radical (unpaired) electrons. The van der Waals surface area contributed by atoms with Gasteiger partial charge in [-0.05, 0) is 12.8 Å². The molecule has 0 saturated heterocycles. The lowest BCUT2D eigenvalue weighted by Gasteiger charge is -2.12. The summed E-state index contributed by atoms with van der Waals surface area (Å²) >= 11 is 0. The molecule has 1 unspecified atom stereocenters. The Kier molecular flexibility index (Phi) is 5.44. The second kappa shape index (κ2) is 5.50. The van der Waals surface area contributed by atoms with Crippen LogP contribution in [0.25, 0.3) is 0 Å². The average Bonchev–Trinajstić information content (AvgIpc) is 1.95. The molecule has 0 spiro atoms. The minimum Gasteiger partial charge on any atom is -0.360 e. The van der Waals surface area contributed by atoms with E-state index < -0.39 is 15.6 Å². The molecule has 0 aliphatic carbocycles. The quantitative estimate of drug-likeness (QED) is 0.653. The summed E-state index contributed by atoms with van der Waals surface area (Å²) in [5.41, 5.74) is -1.04. The van der Waals surface area contributed by atoms with E-state index in [-0.39, 0.29) is 0 Å². The Bertz CT molecular complexity index is 197. The van der Waals surface area contributed by atoms with Crippen LogP contribution in [0.15, 0.2) is 0 Å². The first-order chi connectivity index (χ1) is 5.52. The van der Waals surface area contributed by atoms with Crippen molar-refractivity contribution in [2.24, 2.45) is 0 Å². The molecule has 0 aromatic carbocycles. The third kappa shape index (κ3) is 4.69. The second-order valence-corrected chi connectivity index (χ2v) is 4.16. The van der Waals surface area contributed by atoms with E-state index in [2.05, 4.69) is 0 Å². The number of hydrogen-bond acceptors (Lipinski definition) is 3. The first-order valence-corrected chi connectivity index (χ1v) is 5.60. The van der Waals surface area contributed by atoms with Crippen molar-refractivity contribution in [2.75, 3.05) is 6.61 Å². The minimum atomic E-state index is -4.02. The Morgan fingerprint density at radius 2 is 1.92 bits per heavy atom. The Morgan fingerprint density at radius 3 is 2.25 bits per heavy atom. The van der Waals surface area contributed by atoms with Crippen LogP contribution >= 0.6 is 0 Å². The SMILES string of the molecule is CCCOC(CCC)S(=O)(=O)O. The Labute approximate surface area is 73.7 Å². The highest BCUT2D eigenvalue weighted by molar-refractivity contribution is 7.86. The summed E-state index contributed by atoms with van der Waals surface area (Å²) in [5.74, 6) is 0. The lowest BCUT2D eigenvalue weighted by atomic mass is 10.3. The number of hydrogen-bond donors (Lipinski definition) is 1. The van der Waals surface area contributed by atoms with Gasteiger partial charge in [0.15, 0.2) is 5.44 Å². The molecule has 0 aliphatic heterocycles. The molecule has 12 heavy (non-hydrogen) atoms. The fourth-order valence-corrected chi connectivity index (χ4v) is 1.61. The summed E-state index contributed by atoms with van der Waals surface area (Å²) in [6.07, 6.45) is 1.77. The van der Waals surface area contributed by atoms with Gasteiger partial charge in [0.2, 0.25) is 0 Å². The van der Waals surface area contributed by atoms with Crippen LogP contribution in [0.2, 0.25) is 0 Å². The van der Waals surface area contributed by atoms with Crippen LogP contribution in [0.1, 0.15) is 33.1 Å². The van der Waals surface area contributed by atoms with E-state index in [4.69, 9.17) is 9.29 Å². The molecule has 5 heteroatoms. The lowest BCUT2D eigenvalue weighted by Crippen LogP contribution is -2.24. The third-order valence-corrected chi connectivity index (χ3v) is 2.40. The fourth-order valence-electron chi connectivity index (χ4n) is 0.803. The molecule has 0 amide bonds. The van der Waals surface area contributed by atoms with E-state index in [0.29, 0.717) is 19.4 Å². The monoisotopic (exact) mass is 196 g/mol. The van der Waals surface area contributed by atoms with Crippen molar-refractivity contribution in [3.8, 4) is 0 Å². The van der Waals surface area contributed by atoms with Crippen molar-refractivity contribution in [1.82, 2.24) is 0 Å². The van der Waals surface area contributed by atoms with Gasteiger partial charge in [-0.2, -0.15) is 8.42 Å². The zero-order valence-corrected chi connectivity index (χ0v) is 8.30. The summed E-state index contributed by atoms with van der Waals surface area (Å²) < 4.78 is 35.0. The van der Waals surface area contributed by atoms with Crippen LogP contribution in [0.5, 0.6) is 0 Å². The Balaban J connectivity index is 4.05. The van der Waals surface area contributed by atoms with Crippen molar-refractivity contribution in [1.29, 1.82) is 0 Å². The van der Waals surface area contributed by atoms with E-state index in [1.54, 1.807) is 0 Å². The zero-order chi connectivity index (χ0) is 9.61. The van der Waals surface area contributed by atoms with E-state index >= 15 is 0 Å². The topological polar surface area (TPSA) is 63.6 Å². The first kappa shape index (κ1) is 11.9. The van der Waals surface area contributed by atoms with Crippen LogP contribution in [0, 0.1) is 0 Å². The molecule has 0 saturated carbocycles. The van der Waals surface area contributed by atoms with Gasteiger partial charge in [-0.25, -0.2) is 0 Å². The third-order valence-electron chi connectivity index (χ3n) is 1.36. The summed E-state index contributed by atoms with van der Waals surface area (Å²) in [4.78, 5) is 0. The van der Waals surface area contributed by atoms with Gasteiger partial charge in [0.05, 0.1) is 0 Å². The maximum atomic E-state index is 10.7. The highest BCUT2D eigenvalue weighted by Crippen LogP contribution is 2.08. The van der Waals surface area contributed by atoms with Gasteiger partial charge in [0.25, 0.3) is 10.1 Å². The van der Waals surface area contributed by atoms with Gasteiger partial charge in [0.1, 0.15) is 0 Å². The summed E-state index contributed by atoms with van der Waals surface area (Å²) in [6.45, 7) is 4.09. The van der Waals surface area contributed by atoms with Gasteiger partial charge >= 0.3 is 0 Å². The summed E-state index contributed by atoms with van der Waals surface area (Å²) in [5, 5.41) is 0. The first-order valence-electron chi connectivity index (χ1n) is 4.10. The second-order valence-electron chi connectivity index (χ2n) is 2.60. The van der Waals surface area contributed by atoms with Crippen molar-refractivity contribution in [3.05, 3.63) is 0 Å². The predicted octanol–water partition coefficient (Wildman–Crippen LogP) is 1.43. The van der Waals surface area contributed by atoms with Crippen LogP contribution in [-0.2, 0) is 14.9 Å². The van der Waals surface area contributed by atoms with E-state index in [0.717, 1.165) is 6.42 Å². The number of rotatable bonds is 6. The lowest BCUT2D eigenvalue weighted by molar-refractivity contribution is 0.0933. The molecule has 0 heterocycles. The Hall–Kier alpha value is -0.130. The maximum absolute atomic E-state index is 10.7. The maximum Gasteiger partial charge on any atom is 0.292 e. The average molecular weight is 196 g/mol. The highest BCUT2D eigenvalue weighted by Gasteiger charge is 2.21. The molecular weight excluding hydrogens is 180 g/mol. The van der Waals surface area contributed by atoms with Crippen LogP contribution in [0.3, 0.4) is 0 Å². The van der Waals surface area contributed by atoms with Crippen LogP contribution < -0.4 is 0 Å². The van der Waals surface area contributed by atoms with E-state index in [1.807, 2.05) is 13.8 Å². The van der Waals surface area contributed by atoms with Crippen molar-refractivity contribution in [2.45, 2.75) is 38.5 Å². The smallest absolute Gasteiger partial charge is 0.292 e. The number of ether oxygens (including phenoxy) is 1. The molecule has 0 fully saturated rings. The van der Waals surface area contributed by atoms with Gasteiger partial charge in [-0.1, -0.05) is 20.3 Å². The van der Waals surface area contributed by atoms with E-state index in [9.17, 15) is 8.42 Å². The van der Waals surface area contributed by atoms with Crippen LogP contribution in [0.4, 0.5) is 0 Å². The minimum absolute atomic E-state index is 0.346. The predicted molar refractivity (Wildman–Crippen MR) is 46.5 cm³/mol. The van der Waals surface area contributed by atoms with Gasteiger partial charge in [0, 0.05) is 6.61 Å². The van der Waals surface area contributed by atoms with Crippen molar-refractivity contribution < 1.29 is 17.7 Å². The Morgan fingerprint density at radius 1 is 1.33 bits per heavy atom. The largest absolute Gasteiger partial charge is 0.360 e.